The van der Waals surface area contributed by atoms with Gasteiger partial charge in [-0.3, -0.25) is 4.90 Å². The lowest BCUT2D eigenvalue weighted by Crippen LogP contribution is -2.56. The Balaban J connectivity index is 1.62. The van der Waals surface area contributed by atoms with Crippen LogP contribution >= 0.6 is 0 Å². The maximum Gasteiger partial charge on any atom is 0.191 e. The first-order valence-corrected chi connectivity index (χ1v) is 9.91. The van der Waals surface area contributed by atoms with E-state index in [9.17, 15) is 0 Å². The molecule has 0 amide bonds. The summed E-state index contributed by atoms with van der Waals surface area (Å²) in [6.45, 7) is 12.6. The molecule has 5 heteroatoms. The number of nitrogens with one attached hydrogen (secondary N) is 2. The highest BCUT2D eigenvalue weighted by Gasteiger charge is 2.28. The molecule has 5 nitrogen and oxygen atoms in total. The van der Waals surface area contributed by atoms with Crippen molar-refractivity contribution >= 4 is 16.7 Å². The lowest BCUT2D eigenvalue weighted by atomic mass is 10.0. The van der Waals surface area contributed by atoms with Gasteiger partial charge in [-0.1, -0.05) is 36.4 Å². The summed E-state index contributed by atoms with van der Waals surface area (Å²) in [6.07, 6.45) is 0. The van der Waals surface area contributed by atoms with Crippen LogP contribution in [0.3, 0.4) is 0 Å². The predicted octanol–water partition coefficient (Wildman–Crippen LogP) is 3.01. The van der Waals surface area contributed by atoms with E-state index in [1.54, 1.807) is 0 Å². The van der Waals surface area contributed by atoms with Crippen LogP contribution in [-0.4, -0.2) is 55.8 Å². The zero-order valence-electron chi connectivity index (χ0n) is 16.8. The van der Waals surface area contributed by atoms with Gasteiger partial charge in [0, 0.05) is 31.7 Å². The molecule has 146 valence electrons. The fourth-order valence-corrected chi connectivity index (χ4v) is 3.43. The van der Waals surface area contributed by atoms with Crippen molar-refractivity contribution in [3.8, 4) is 0 Å². The van der Waals surface area contributed by atoms with E-state index in [0.29, 0.717) is 6.54 Å². The second-order valence-electron chi connectivity index (χ2n) is 7.64. The number of nitrogens with zero attached hydrogens (tertiary/aromatic N) is 2. The number of rotatable bonds is 6. The first-order chi connectivity index (χ1) is 13.1. The van der Waals surface area contributed by atoms with Crippen molar-refractivity contribution < 1.29 is 4.74 Å². The average molecular weight is 369 g/mol. The van der Waals surface area contributed by atoms with Crippen LogP contribution in [-0.2, 0) is 11.3 Å². The third-order valence-corrected chi connectivity index (χ3v) is 5.13. The minimum atomic E-state index is 0.0585. The number of morpholine rings is 1. The van der Waals surface area contributed by atoms with Crippen LogP contribution in [0.15, 0.2) is 47.5 Å². The largest absolute Gasteiger partial charge is 0.379 e. The molecule has 2 N–H and O–H groups in total. The molecule has 3 rings (SSSR count). The molecule has 0 aliphatic carbocycles. The van der Waals surface area contributed by atoms with Crippen LogP contribution in [0.4, 0.5) is 0 Å². The van der Waals surface area contributed by atoms with Crippen molar-refractivity contribution in [3.63, 3.8) is 0 Å². The maximum absolute atomic E-state index is 5.48. The molecule has 0 atom stereocenters. The van der Waals surface area contributed by atoms with Gasteiger partial charge in [-0.05, 0) is 43.2 Å². The molecule has 0 spiro atoms. The molecule has 0 radical (unpaired) electrons. The smallest absolute Gasteiger partial charge is 0.191 e. The molecule has 0 unspecified atom stereocenters. The highest BCUT2D eigenvalue weighted by atomic mass is 16.5. The van der Waals surface area contributed by atoms with E-state index in [0.717, 1.165) is 45.4 Å². The first-order valence-electron chi connectivity index (χ1n) is 9.91. The molecule has 1 fully saturated rings. The Morgan fingerprint density at radius 1 is 1.07 bits per heavy atom. The number of fused-ring (bicyclic) bond motifs is 1. The monoisotopic (exact) mass is 368 g/mol. The highest BCUT2D eigenvalue weighted by molar-refractivity contribution is 5.83. The fraction of sp³-hybridized carbons (Fsp3) is 0.500. The summed E-state index contributed by atoms with van der Waals surface area (Å²) < 4.78 is 5.48. The molecule has 0 aromatic heterocycles. The molecular formula is C22H32N4O. The Morgan fingerprint density at radius 2 is 1.81 bits per heavy atom. The summed E-state index contributed by atoms with van der Waals surface area (Å²) in [5, 5.41) is 9.41. The Bertz CT molecular complexity index is 766. The summed E-state index contributed by atoms with van der Waals surface area (Å²) >= 11 is 0. The van der Waals surface area contributed by atoms with Gasteiger partial charge in [0.2, 0.25) is 0 Å². The van der Waals surface area contributed by atoms with Gasteiger partial charge >= 0.3 is 0 Å². The van der Waals surface area contributed by atoms with Crippen LogP contribution in [0, 0.1) is 0 Å². The van der Waals surface area contributed by atoms with Crippen LogP contribution in [0.1, 0.15) is 26.3 Å². The van der Waals surface area contributed by atoms with E-state index in [-0.39, 0.29) is 5.54 Å². The van der Waals surface area contributed by atoms with Crippen LogP contribution < -0.4 is 10.6 Å². The third kappa shape index (κ3) is 5.44. The van der Waals surface area contributed by atoms with E-state index >= 15 is 0 Å². The van der Waals surface area contributed by atoms with Gasteiger partial charge in [-0.15, -0.1) is 0 Å². The minimum absolute atomic E-state index is 0.0585. The normalized spacial score (nSPS) is 16.5. The van der Waals surface area contributed by atoms with Crippen molar-refractivity contribution in [2.45, 2.75) is 32.9 Å². The van der Waals surface area contributed by atoms with Gasteiger partial charge in [0.05, 0.1) is 19.8 Å². The van der Waals surface area contributed by atoms with Crippen molar-refractivity contribution in [1.82, 2.24) is 15.5 Å². The Kier molecular flexibility index (Phi) is 6.69. The van der Waals surface area contributed by atoms with E-state index in [1.165, 1.54) is 16.3 Å². The highest BCUT2D eigenvalue weighted by Crippen LogP contribution is 2.17. The zero-order chi connectivity index (χ0) is 19.1. The minimum Gasteiger partial charge on any atom is -0.379 e. The van der Waals surface area contributed by atoms with E-state index in [4.69, 9.17) is 9.73 Å². The Labute approximate surface area is 162 Å². The third-order valence-electron chi connectivity index (χ3n) is 5.13. The summed E-state index contributed by atoms with van der Waals surface area (Å²) in [4.78, 5) is 7.27. The van der Waals surface area contributed by atoms with Crippen molar-refractivity contribution in [2.24, 2.45) is 4.99 Å². The summed E-state index contributed by atoms with van der Waals surface area (Å²) in [5.41, 5.74) is 1.28. The number of ether oxygens (including phenoxy) is 1. The standard InChI is InChI=1S/C22H32N4O/c1-4-23-21(25-17-22(2,3)26-11-13-27-14-12-26)24-16-18-9-10-19-7-5-6-8-20(19)15-18/h5-10,15H,4,11-14,16-17H2,1-3H3,(H2,23,24,25). The average Bonchev–Trinajstić information content (AvgIpc) is 2.70. The molecule has 1 aliphatic rings. The molecule has 2 aromatic carbocycles. The molecule has 1 heterocycles. The van der Waals surface area contributed by atoms with Gasteiger partial charge < -0.3 is 15.4 Å². The summed E-state index contributed by atoms with van der Waals surface area (Å²) in [5.74, 6) is 0.868. The second kappa shape index (κ2) is 9.20. The molecule has 0 saturated carbocycles. The van der Waals surface area contributed by atoms with E-state index in [2.05, 4.69) is 78.8 Å². The Hall–Kier alpha value is -2.11. The molecule has 1 saturated heterocycles. The number of hydrogen-bond acceptors (Lipinski definition) is 3. The maximum atomic E-state index is 5.48. The van der Waals surface area contributed by atoms with Gasteiger partial charge in [-0.2, -0.15) is 0 Å². The summed E-state index contributed by atoms with van der Waals surface area (Å²) in [7, 11) is 0. The predicted molar refractivity (Wildman–Crippen MR) is 113 cm³/mol. The first kappa shape index (κ1) is 19.6. The molecular weight excluding hydrogens is 336 g/mol. The second-order valence-corrected chi connectivity index (χ2v) is 7.64. The number of hydrogen-bond donors (Lipinski definition) is 2. The molecule has 0 bridgehead atoms. The number of aliphatic imine (C=N–C) groups is 1. The van der Waals surface area contributed by atoms with Crippen LogP contribution in [0.5, 0.6) is 0 Å². The lowest BCUT2D eigenvalue weighted by molar-refractivity contribution is -0.00834. The van der Waals surface area contributed by atoms with Crippen molar-refractivity contribution in [1.29, 1.82) is 0 Å². The topological polar surface area (TPSA) is 48.9 Å². The van der Waals surface area contributed by atoms with Crippen LogP contribution in [0.25, 0.3) is 10.8 Å². The van der Waals surface area contributed by atoms with Gasteiger partial charge in [-0.25, -0.2) is 4.99 Å². The summed E-state index contributed by atoms with van der Waals surface area (Å²) in [6, 6.07) is 15.0. The van der Waals surface area contributed by atoms with Gasteiger partial charge in [0.15, 0.2) is 5.96 Å². The zero-order valence-corrected chi connectivity index (χ0v) is 16.8. The number of benzene rings is 2. The van der Waals surface area contributed by atoms with Crippen LogP contribution in [0.2, 0.25) is 0 Å². The molecule has 2 aromatic rings. The van der Waals surface area contributed by atoms with Crippen molar-refractivity contribution in [2.75, 3.05) is 39.4 Å². The van der Waals surface area contributed by atoms with E-state index < -0.39 is 0 Å². The number of guanidine groups is 1. The molecule has 27 heavy (non-hydrogen) atoms. The van der Waals surface area contributed by atoms with E-state index in [1.807, 2.05) is 0 Å². The van der Waals surface area contributed by atoms with Crippen molar-refractivity contribution in [3.05, 3.63) is 48.0 Å². The lowest BCUT2D eigenvalue weighted by Gasteiger charge is -2.41. The Morgan fingerprint density at radius 3 is 2.56 bits per heavy atom. The van der Waals surface area contributed by atoms with Gasteiger partial charge in [0.1, 0.15) is 0 Å². The molecule has 1 aliphatic heterocycles. The SMILES string of the molecule is CCNC(=NCc1ccc2ccccc2c1)NCC(C)(C)N1CCOCC1. The van der Waals surface area contributed by atoms with Gasteiger partial charge in [0.25, 0.3) is 0 Å². The quantitative estimate of drug-likeness (QED) is 0.608. The fourth-order valence-electron chi connectivity index (χ4n) is 3.43.